The maximum absolute atomic E-state index is 11.5. The Bertz CT molecular complexity index is 805. The lowest BCUT2D eigenvalue weighted by atomic mass is 9.87. The van der Waals surface area contributed by atoms with Crippen molar-refractivity contribution in [3.63, 3.8) is 0 Å². The molecule has 1 saturated heterocycles. The molecular formula is C15H18N2O4S. The zero-order valence-corrected chi connectivity index (χ0v) is 13.0. The van der Waals surface area contributed by atoms with Gasteiger partial charge in [0.2, 0.25) is 0 Å². The molecule has 6 nitrogen and oxygen atoms in total. The van der Waals surface area contributed by atoms with Gasteiger partial charge in [0.15, 0.2) is 9.84 Å². The van der Waals surface area contributed by atoms with Gasteiger partial charge in [-0.05, 0) is 37.1 Å². The fourth-order valence-corrected chi connectivity index (χ4v) is 3.51. The van der Waals surface area contributed by atoms with Gasteiger partial charge in [0.25, 0.3) is 5.56 Å². The number of aromatic nitrogens is 1. The maximum atomic E-state index is 11.5. The summed E-state index contributed by atoms with van der Waals surface area (Å²) in [5.41, 5.74) is 0.817. The van der Waals surface area contributed by atoms with E-state index in [1.54, 1.807) is 12.1 Å². The smallest absolute Gasteiger partial charge is 0.280 e. The van der Waals surface area contributed by atoms with Crippen LogP contribution < -0.4 is 10.9 Å². The second kappa shape index (κ2) is 5.73. The van der Waals surface area contributed by atoms with E-state index in [-0.39, 0.29) is 17.5 Å². The Morgan fingerprint density at radius 3 is 2.55 bits per heavy atom. The van der Waals surface area contributed by atoms with Gasteiger partial charge in [-0.3, -0.25) is 4.79 Å². The number of rotatable bonds is 3. The van der Waals surface area contributed by atoms with Crippen molar-refractivity contribution in [2.75, 3.05) is 12.8 Å². The van der Waals surface area contributed by atoms with E-state index in [4.69, 9.17) is 4.52 Å². The summed E-state index contributed by atoms with van der Waals surface area (Å²) in [7, 11) is -3.18. The van der Waals surface area contributed by atoms with Gasteiger partial charge in [-0.1, -0.05) is 12.1 Å². The van der Waals surface area contributed by atoms with E-state index in [1.165, 1.54) is 12.3 Å². The molecule has 3 rings (SSSR count). The molecule has 1 fully saturated rings. The molecule has 0 radical (unpaired) electrons. The molecule has 1 aliphatic heterocycles. The largest absolute Gasteiger partial charge is 0.383 e. The average Bonchev–Trinajstić information content (AvgIpc) is 2.93. The van der Waals surface area contributed by atoms with Crippen LogP contribution in [-0.4, -0.2) is 26.4 Å². The number of hydrogen-bond acceptors (Lipinski definition) is 5. The molecule has 1 aliphatic rings. The molecule has 0 bridgehead atoms. The van der Waals surface area contributed by atoms with Crippen molar-refractivity contribution in [2.45, 2.75) is 29.7 Å². The Balaban J connectivity index is 1.78. The van der Waals surface area contributed by atoms with Crippen LogP contribution in [-0.2, 0) is 9.84 Å². The Kier molecular flexibility index (Phi) is 3.92. The first-order valence-electron chi connectivity index (χ1n) is 7.15. The molecule has 0 spiro atoms. The van der Waals surface area contributed by atoms with Crippen LogP contribution in [0.3, 0.4) is 0 Å². The molecule has 118 valence electrons. The Hall–Kier alpha value is -1.86. The predicted octanol–water partition coefficient (Wildman–Crippen LogP) is 1.58. The lowest BCUT2D eigenvalue weighted by Gasteiger charge is -2.29. The van der Waals surface area contributed by atoms with Crippen LogP contribution >= 0.6 is 0 Å². The van der Waals surface area contributed by atoms with Crippen molar-refractivity contribution >= 4 is 9.84 Å². The van der Waals surface area contributed by atoms with Gasteiger partial charge in [0.1, 0.15) is 5.76 Å². The summed E-state index contributed by atoms with van der Waals surface area (Å²) in [6, 6.07) is 8.55. The third kappa shape index (κ3) is 3.15. The van der Waals surface area contributed by atoms with Gasteiger partial charge in [-0.25, -0.2) is 8.42 Å². The Morgan fingerprint density at radius 1 is 1.23 bits per heavy atom. The normalized spacial score (nSPS) is 22.6. The van der Waals surface area contributed by atoms with Crippen LogP contribution in [0.5, 0.6) is 0 Å². The van der Waals surface area contributed by atoms with Crippen LogP contribution in [0, 0.1) is 0 Å². The monoisotopic (exact) mass is 322 g/mol. The van der Waals surface area contributed by atoms with Crippen LogP contribution in [0.2, 0.25) is 0 Å². The summed E-state index contributed by atoms with van der Waals surface area (Å²) in [5, 5.41) is 5.75. The molecule has 2 atom stereocenters. The lowest BCUT2D eigenvalue weighted by molar-refractivity contribution is 0.295. The van der Waals surface area contributed by atoms with Gasteiger partial charge < -0.3 is 9.84 Å². The van der Waals surface area contributed by atoms with E-state index in [0.717, 1.165) is 24.9 Å². The van der Waals surface area contributed by atoms with Gasteiger partial charge >= 0.3 is 0 Å². The van der Waals surface area contributed by atoms with E-state index in [0.29, 0.717) is 10.7 Å². The molecule has 0 amide bonds. The van der Waals surface area contributed by atoms with Gasteiger partial charge in [0.05, 0.1) is 4.90 Å². The number of benzene rings is 1. The first kappa shape index (κ1) is 15.1. The number of nitrogens with one attached hydrogen (secondary N) is 2. The highest BCUT2D eigenvalue weighted by atomic mass is 32.2. The van der Waals surface area contributed by atoms with Crippen LogP contribution in [0.4, 0.5) is 0 Å². The minimum absolute atomic E-state index is 0.118. The van der Waals surface area contributed by atoms with Crippen molar-refractivity contribution in [3.8, 4) is 0 Å². The van der Waals surface area contributed by atoms with E-state index >= 15 is 0 Å². The molecular weight excluding hydrogens is 304 g/mol. The number of piperidine rings is 1. The third-order valence-electron chi connectivity index (χ3n) is 4.06. The first-order valence-corrected chi connectivity index (χ1v) is 9.04. The Morgan fingerprint density at radius 2 is 1.95 bits per heavy atom. The van der Waals surface area contributed by atoms with Crippen molar-refractivity contribution in [1.29, 1.82) is 0 Å². The second-order valence-corrected chi connectivity index (χ2v) is 7.70. The van der Waals surface area contributed by atoms with E-state index in [9.17, 15) is 13.2 Å². The molecule has 2 N–H and O–H groups in total. The number of aromatic amines is 1. The van der Waals surface area contributed by atoms with Crippen molar-refractivity contribution < 1.29 is 12.9 Å². The predicted molar refractivity (Wildman–Crippen MR) is 81.6 cm³/mol. The molecule has 2 heterocycles. The summed E-state index contributed by atoms with van der Waals surface area (Å²) in [4.78, 5) is 11.5. The van der Waals surface area contributed by atoms with Crippen LogP contribution in [0.25, 0.3) is 0 Å². The van der Waals surface area contributed by atoms with Gasteiger partial charge in [-0.15, -0.1) is 0 Å². The summed E-state index contributed by atoms with van der Waals surface area (Å²) >= 11 is 0. The van der Waals surface area contributed by atoms with Crippen LogP contribution in [0.1, 0.15) is 36.1 Å². The fraction of sp³-hybridized carbons (Fsp3) is 0.400. The van der Waals surface area contributed by atoms with E-state index in [1.807, 2.05) is 12.1 Å². The molecule has 2 aromatic rings. The van der Waals surface area contributed by atoms with Crippen LogP contribution in [0.15, 0.2) is 44.5 Å². The summed E-state index contributed by atoms with van der Waals surface area (Å²) in [6.45, 7) is 0.818. The number of hydrogen-bond donors (Lipinski definition) is 2. The molecule has 7 heteroatoms. The summed E-state index contributed by atoms with van der Waals surface area (Å²) < 4.78 is 28.2. The summed E-state index contributed by atoms with van der Waals surface area (Å²) in [5.74, 6) is 0.865. The highest BCUT2D eigenvalue weighted by molar-refractivity contribution is 7.90. The lowest BCUT2D eigenvalue weighted by Crippen LogP contribution is -2.30. The van der Waals surface area contributed by atoms with Crippen molar-refractivity contribution in [1.82, 2.24) is 10.5 Å². The molecule has 22 heavy (non-hydrogen) atoms. The van der Waals surface area contributed by atoms with E-state index < -0.39 is 9.84 Å². The zero-order chi connectivity index (χ0) is 15.7. The average molecular weight is 322 g/mol. The topological polar surface area (TPSA) is 92.2 Å². The minimum Gasteiger partial charge on any atom is -0.383 e. The van der Waals surface area contributed by atoms with Crippen molar-refractivity contribution in [3.05, 3.63) is 52.0 Å². The number of H-pyrrole nitrogens is 1. The van der Waals surface area contributed by atoms with E-state index in [2.05, 4.69) is 10.5 Å². The van der Waals surface area contributed by atoms with Gasteiger partial charge in [0, 0.05) is 24.3 Å². The SMILES string of the molecule is CS(=O)(=O)c1ccc(C2CC(c3cc(=O)[nH]o3)CCN2)cc1. The molecule has 1 aromatic heterocycles. The van der Waals surface area contributed by atoms with Gasteiger partial charge in [-0.2, -0.15) is 5.16 Å². The standard InChI is InChI=1S/C15H18N2O4S/c1-22(19,20)12-4-2-10(3-5-12)13-8-11(6-7-16-13)14-9-15(18)17-21-14/h2-5,9,11,13,16H,6-8H2,1H3,(H,17,18). The summed E-state index contributed by atoms with van der Waals surface area (Å²) in [6.07, 6.45) is 2.91. The molecule has 2 unspecified atom stereocenters. The molecule has 0 saturated carbocycles. The minimum atomic E-state index is -3.18. The third-order valence-corrected chi connectivity index (χ3v) is 5.19. The fourth-order valence-electron chi connectivity index (χ4n) is 2.88. The zero-order valence-electron chi connectivity index (χ0n) is 12.2. The quantitative estimate of drug-likeness (QED) is 0.895. The highest BCUT2D eigenvalue weighted by Gasteiger charge is 2.26. The van der Waals surface area contributed by atoms with Crippen molar-refractivity contribution in [2.24, 2.45) is 0 Å². The Labute approximate surface area is 128 Å². The number of sulfone groups is 1. The first-order chi connectivity index (χ1) is 10.4. The maximum Gasteiger partial charge on any atom is 0.280 e. The second-order valence-electron chi connectivity index (χ2n) is 5.68. The molecule has 0 aliphatic carbocycles. The highest BCUT2D eigenvalue weighted by Crippen LogP contribution is 2.33. The molecule has 1 aromatic carbocycles.